The van der Waals surface area contributed by atoms with Gasteiger partial charge in [0.15, 0.2) is 11.5 Å². The summed E-state index contributed by atoms with van der Waals surface area (Å²) in [7, 11) is 3.23. The summed E-state index contributed by atoms with van der Waals surface area (Å²) in [5.41, 5.74) is 1.04. The van der Waals surface area contributed by atoms with Gasteiger partial charge in [-0.3, -0.25) is 0 Å². The summed E-state index contributed by atoms with van der Waals surface area (Å²) in [4.78, 5) is 0. The van der Waals surface area contributed by atoms with Gasteiger partial charge in [-0.25, -0.2) is 0 Å². The van der Waals surface area contributed by atoms with Crippen LogP contribution >= 0.6 is 11.8 Å². The summed E-state index contributed by atoms with van der Waals surface area (Å²) < 4.78 is 16.0. The number of methoxy groups -OCH3 is 2. The number of hydrogen-bond donors (Lipinski definition) is 0. The van der Waals surface area contributed by atoms with Gasteiger partial charge in [0.05, 0.1) is 20.6 Å². The molecule has 0 aliphatic rings. The third-order valence-electron chi connectivity index (χ3n) is 2.52. The second kappa shape index (κ2) is 6.47. The standard InChI is InChI=1S/C13H16N2O3S/c1-4-19-13-15-14-12(18-13)8-9-5-6-10(16-2)11(7-9)17-3/h5-7H,4,8H2,1-3H3. The number of rotatable bonds is 6. The summed E-state index contributed by atoms with van der Waals surface area (Å²) in [5.74, 6) is 2.92. The monoisotopic (exact) mass is 280 g/mol. The lowest BCUT2D eigenvalue weighted by Crippen LogP contribution is -1.94. The fraction of sp³-hybridized carbons (Fsp3) is 0.385. The molecule has 6 heteroatoms. The first-order valence-corrected chi connectivity index (χ1v) is 6.91. The molecule has 2 rings (SSSR count). The summed E-state index contributed by atoms with van der Waals surface area (Å²) in [5, 5.41) is 8.60. The highest BCUT2D eigenvalue weighted by Crippen LogP contribution is 2.28. The molecule has 102 valence electrons. The van der Waals surface area contributed by atoms with E-state index in [0.29, 0.717) is 29.0 Å². The number of aromatic nitrogens is 2. The van der Waals surface area contributed by atoms with E-state index in [-0.39, 0.29) is 0 Å². The van der Waals surface area contributed by atoms with Gasteiger partial charge in [0.25, 0.3) is 5.22 Å². The molecular formula is C13H16N2O3S. The molecule has 0 bridgehead atoms. The van der Waals surface area contributed by atoms with Crippen molar-refractivity contribution in [3.05, 3.63) is 29.7 Å². The molecule has 2 aromatic rings. The van der Waals surface area contributed by atoms with Crippen LogP contribution < -0.4 is 9.47 Å². The van der Waals surface area contributed by atoms with Crippen LogP contribution in [0.3, 0.4) is 0 Å². The Bertz CT molecular complexity index is 542. The molecule has 0 aliphatic heterocycles. The highest BCUT2D eigenvalue weighted by Gasteiger charge is 2.09. The molecule has 1 heterocycles. The Morgan fingerprint density at radius 3 is 2.63 bits per heavy atom. The lowest BCUT2D eigenvalue weighted by molar-refractivity contribution is 0.354. The van der Waals surface area contributed by atoms with E-state index in [1.807, 2.05) is 25.1 Å². The molecule has 0 saturated heterocycles. The minimum atomic E-state index is 0.581. The highest BCUT2D eigenvalue weighted by atomic mass is 32.2. The molecule has 0 spiro atoms. The molecule has 1 aromatic heterocycles. The minimum absolute atomic E-state index is 0.581. The maximum Gasteiger partial charge on any atom is 0.276 e. The van der Waals surface area contributed by atoms with Crippen LogP contribution in [-0.4, -0.2) is 30.2 Å². The fourth-order valence-corrected chi connectivity index (χ4v) is 2.16. The van der Waals surface area contributed by atoms with Crippen molar-refractivity contribution < 1.29 is 13.9 Å². The Morgan fingerprint density at radius 1 is 1.16 bits per heavy atom. The third kappa shape index (κ3) is 3.41. The zero-order valence-corrected chi connectivity index (χ0v) is 12.0. The van der Waals surface area contributed by atoms with Gasteiger partial charge < -0.3 is 13.9 Å². The quantitative estimate of drug-likeness (QED) is 0.758. The first-order chi connectivity index (χ1) is 9.26. The van der Waals surface area contributed by atoms with E-state index in [0.717, 1.165) is 11.3 Å². The van der Waals surface area contributed by atoms with Gasteiger partial charge in [-0.05, 0) is 23.4 Å². The maximum absolute atomic E-state index is 5.53. The van der Waals surface area contributed by atoms with Gasteiger partial charge in [0.1, 0.15) is 0 Å². The van der Waals surface area contributed by atoms with E-state index in [1.54, 1.807) is 14.2 Å². The lowest BCUT2D eigenvalue weighted by atomic mass is 10.1. The summed E-state index contributed by atoms with van der Waals surface area (Å²) in [6.07, 6.45) is 0.581. The number of nitrogens with zero attached hydrogens (tertiary/aromatic N) is 2. The average Bonchev–Trinajstić information content (AvgIpc) is 2.86. The van der Waals surface area contributed by atoms with Crippen molar-refractivity contribution in [1.82, 2.24) is 10.2 Å². The molecule has 5 nitrogen and oxygen atoms in total. The zero-order chi connectivity index (χ0) is 13.7. The van der Waals surface area contributed by atoms with Crippen LogP contribution in [0, 0.1) is 0 Å². The van der Waals surface area contributed by atoms with Crippen LogP contribution in [0.4, 0.5) is 0 Å². The van der Waals surface area contributed by atoms with Gasteiger partial charge in [-0.2, -0.15) is 0 Å². The van der Waals surface area contributed by atoms with Crippen molar-refractivity contribution in [2.24, 2.45) is 0 Å². The Hall–Kier alpha value is -1.69. The van der Waals surface area contributed by atoms with Crippen LogP contribution in [0.25, 0.3) is 0 Å². The first kappa shape index (κ1) is 13.7. The van der Waals surface area contributed by atoms with E-state index in [4.69, 9.17) is 13.9 Å². The maximum atomic E-state index is 5.53. The number of thioether (sulfide) groups is 1. The molecule has 0 N–H and O–H groups in total. The van der Waals surface area contributed by atoms with Gasteiger partial charge in [-0.1, -0.05) is 24.8 Å². The summed E-state index contributed by atoms with van der Waals surface area (Å²) in [6.45, 7) is 2.04. The van der Waals surface area contributed by atoms with Crippen molar-refractivity contribution in [3.63, 3.8) is 0 Å². The van der Waals surface area contributed by atoms with Gasteiger partial charge in [-0.15, -0.1) is 10.2 Å². The Balaban J connectivity index is 2.13. The zero-order valence-electron chi connectivity index (χ0n) is 11.2. The topological polar surface area (TPSA) is 57.4 Å². The van der Waals surface area contributed by atoms with Crippen LogP contribution in [0.5, 0.6) is 11.5 Å². The van der Waals surface area contributed by atoms with E-state index >= 15 is 0 Å². The molecule has 0 aliphatic carbocycles. The van der Waals surface area contributed by atoms with Gasteiger partial charge in [0.2, 0.25) is 5.89 Å². The Kier molecular flexibility index (Phi) is 4.68. The van der Waals surface area contributed by atoms with Crippen LogP contribution in [-0.2, 0) is 6.42 Å². The number of benzene rings is 1. The van der Waals surface area contributed by atoms with E-state index in [9.17, 15) is 0 Å². The normalized spacial score (nSPS) is 10.5. The molecular weight excluding hydrogens is 264 g/mol. The average molecular weight is 280 g/mol. The number of hydrogen-bond acceptors (Lipinski definition) is 6. The van der Waals surface area contributed by atoms with Crippen molar-refractivity contribution >= 4 is 11.8 Å². The van der Waals surface area contributed by atoms with Gasteiger partial charge in [0, 0.05) is 0 Å². The van der Waals surface area contributed by atoms with Crippen molar-refractivity contribution in [2.75, 3.05) is 20.0 Å². The molecule has 0 amide bonds. The van der Waals surface area contributed by atoms with E-state index in [1.165, 1.54) is 11.8 Å². The Labute approximate surface area is 116 Å². The molecule has 1 aromatic carbocycles. The van der Waals surface area contributed by atoms with Gasteiger partial charge >= 0.3 is 0 Å². The van der Waals surface area contributed by atoms with E-state index in [2.05, 4.69) is 10.2 Å². The molecule has 19 heavy (non-hydrogen) atoms. The minimum Gasteiger partial charge on any atom is -0.493 e. The number of ether oxygens (including phenoxy) is 2. The lowest BCUT2D eigenvalue weighted by Gasteiger charge is -2.08. The Morgan fingerprint density at radius 2 is 1.95 bits per heavy atom. The molecule has 0 saturated carbocycles. The molecule has 0 radical (unpaired) electrons. The van der Waals surface area contributed by atoms with Crippen LogP contribution in [0.1, 0.15) is 18.4 Å². The van der Waals surface area contributed by atoms with E-state index < -0.39 is 0 Å². The van der Waals surface area contributed by atoms with Crippen molar-refractivity contribution in [3.8, 4) is 11.5 Å². The summed E-state index contributed by atoms with van der Waals surface area (Å²) in [6, 6.07) is 5.74. The highest BCUT2D eigenvalue weighted by molar-refractivity contribution is 7.99. The predicted octanol–water partition coefficient (Wildman–Crippen LogP) is 2.79. The fourth-order valence-electron chi connectivity index (χ4n) is 1.66. The third-order valence-corrected chi connectivity index (χ3v) is 3.22. The second-order valence-corrected chi connectivity index (χ2v) is 4.98. The second-order valence-electron chi connectivity index (χ2n) is 3.76. The predicted molar refractivity (Wildman–Crippen MR) is 73.0 cm³/mol. The molecule has 0 unspecified atom stereocenters. The van der Waals surface area contributed by atoms with Crippen LogP contribution in [0.15, 0.2) is 27.8 Å². The molecule has 0 fully saturated rings. The van der Waals surface area contributed by atoms with Crippen molar-refractivity contribution in [2.45, 2.75) is 18.6 Å². The van der Waals surface area contributed by atoms with Crippen molar-refractivity contribution in [1.29, 1.82) is 0 Å². The smallest absolute Gasteiger partial charge is 0.276 e. The molecule has 0 atom stereocenters. The van der Waals surface area contributed by atoms with Crippen LogP contribution in [0.2, 0.25) is 0 Å². The SMILES string of the molecule is CCSc1nnc(Cc2ccc(OC)c(OC)c2)o1. The largest absolute Gasteiger partial charge is 0.493 e. The summed E-state index contributed by atoms with van der Waals surface area (Å²) >= 11 is 1.54. The first-order valence-electron chi connectivity index (χ1n) is 5.93.